The standard InChI is InChI=1S/C19H18BrFN4OS/c1-2-11-27-19-24-23-17(25(19)14-9-7-13(20)8-10-14)12-22-18(26)15-5-3-4-6-16(15)21/h3-10H,2,11-12H2,1H3,(H,22,26). The summed E-state index contributed by atoms with van der Waals surface area (Å²) in [7, 11) is 0. The molecule has 27 heavy (non-hydrogen) atoms. The van der Waals surface area contributed by atoms with Gasteiger partial charge >= 0.3 is 0 Å². The number of hydrogen-bond donors (Lipinski definition) is 1. The Hall–Kier alpha value is -2.19. The van der Waals surface area contributed by atoms with Crippen LogP contribution in [0.3, 0.4) is 0 Å². The van der Waals surface area contributed by atoms with Crippen LogP contribution in [0.4, 0.5) is 4.39 Å². The average molecular weight is 449 g/mol. The van der Waals surface area contributed by atoms with E-state index in [1.807, 2.05) is 28.8 Å². The zero-order chi connectivity index (χ0) is 19.2. The molecule has 0 unspecified atom stereocenters. The molecule has 1 amide bonds. The maximum Gasteiger partial charge on any atom is 0.254 e. The van der Waals surface area contributed by atoms with E-state index in [9.17, 15) is 9.18 Å². The van der Waals surface area contributed by atoms with Crippen LogP contribution < -0.4 is 5.32 Å². The molecular formula is C19H18BrFN4OS. The highest BCUT2D eigenvalue weighted by Crippen LogP contribution is 2.24. The second-order valence-electron chi connectivity index (χ2n) is 5.72. The van der Waals surface area contributed by atoms with Gasteiger partial charge < -0.3 is 5.32 Å². The van der Waals surface area contributed by atoms with Crippen molar-refractivity contribution in [3.05, 3.63) is 70.2 Å². The molecule has 0 saturated carbocycles. The molecule has 0 aliphatic rings. The molecule has 0 radical (unpaired) electrons. The Morgan fingerprint density at radius 2 is 1.93 bits per heavy atom. The van der Waals surface area contributed by atoms with Gasteiger partial charge in [-0.3, -0.25) is 9.36 Å². The summed E-state index contributed by atoms with van der Waals surface area (Å²) in [6.45, 7) is 2.24. The monoisotopic (exact) mass is 448 g/mol. The van der Waals surface area contributed by atoms with Crippen molar-refractivity contribution in [2.24, 2.45) is 0 Å². The Bertz CT molecular complexity index is 930. The number of aromatic nitrogens is 3. The van der Waals surface area contributed by atoms with Crippen LogP contribution in [0.5, 0.6) is 0 Å². The second-order valence-corrected chi connectivity index (χ2v) is 7.70. The van der Waals surface area contributed by atoms with Crippen molar-refractivity contribution in [3.8, 4) is 5.69 Å². The first-order valence-electron chi connectivity index (χ1n) is 8.46. The van der Waals surface area contributed by atoms with E-state index in [-0.39, 0.29) is 12.1 Å². The highest BCUT2D eigenvalue weighted by atomic mass is 79.9. The minimum atomic E-state index is -0.552. The lowest BCUT2D eigenvalue weighted by Crippen LogP contribution is -2.25. The number of nitrogens with zero attached hydrogens (tertiary/aromatic N) is 3. The Kier molecular flexibility index (Phi) is 6.63. The van der Waals surface area contributed by atoms with Crippen molar-refractivity contribution >= 4 is 33.6 Å². The fourth-order valence-corrected chi connectivity index (χ4v) is 3.54. The van der Waals surface area contributed by atoms with Crippen LogP contribution in [-0.4, -0.2) is 26.4 Å². The first-order chi connectivity index (χ1) is 13.1. The molecule has 3 aromatic rings. The summed E-state index contributed by atoms with van der Waals surface area (Å²) in [4.78, 5) is 12.3. The number of hydrogen-bond acceptors (Lipinski definition) is 4. The van der Waals surface area contributed by atoms with Crippen molar-refractivity contribution in [3.63, 3.8) is 0 Å². The van der Waals surface area contributed by atoms with Gasteiger partial charge in [-0.2, -0.15) is 0 Å². The molecule has 0 aliphatic carbocycles. The summed E-state index contributed by atoms with van der Waals surface area (Å²) in [6, 6.07) is 13.7. The number of carbonyl (C=O) groups is 1. The summed E-state index contributed by atoms with van der Waals surface area (Å²) in [6.07, 6.45) is 1.01. The first kappa shape index (κ1) is 19.6. The van der Waals surface area contributed by atoms with Crippen molar-refractivity contribution in [1.82, 2.24) is 20.1 Å². The van der Waals surface area contributed by atoms with Gasteiger partial charge in [0.15, 0.2) is 11.0 Å². The number of amides is 1. The average Bonchev–Trinajstić information content (AvgIpc) is 3.08. The fraction of sp³-hybridized carbons (Fsp3) is 0.211. The molecule has 0 bridgehead atoms. The van der Waals surface area contributed by atoms with E-state index in [0.29, 0.717) is 5.82 Å². The molecule has 2 aromatic carbocycles. The predicted octanol–water partition coefficient (Wildman–Crippen LogP) is 4.60. The second kappa shape index (κ2) is 9.14. The molecule has 0 atom stereocenters. The molecule has 0 fully saturated rings. The lowest BCUT2D eigenvalue weighted by atomic mass is 10.2. The normalized spacial score (nSPS) is 10.8. The van der Waals surface area contributed by atoms with Crippen LogP contribution in [0.25, 0.3) is 5.69 Å². The van der Waals surface area contributed by atoms with E-state index in [4.69, 9.17) is 0 Å². The van der Waals surface area contributed by atoms with E-state index >= 15 is 0 Å². The van der Waals surface area contributed by atoms with Gasteiger partial charge in [-0.1, -0.05) is 46.7 Å². The molecule has 0 aliphatic heterocycles. The number of nitrogens with one attached hydrogen (secondary N) is 1. The van der Waals surface area contributed by atoms with E-state index < -0.39 is 11.7 Å². The lowest BCUT2D eigenvalue weighted by Gasteiger charge is -2.11. The highest BCUT2D eigenvalue weighted by Gasteiger charge is 2.16. The molecule has 8 heteroatoms. The number of rotatable bonds is 7. The Balaban J connectivity index is 1.84. The molecule has 140 valence electrons. The van der Waals surface area contributed by atoms with Crippen LogP contribution in [0.2, 0.25) is 0 Å². The van der Waals surface area contributed by atoms with Crippen LogP contribution in [0, 0.1) is 5.82 Å². The Labute approximate surface area is 169 Å². The zero-order valence-electron chi connectivity index (χ0n) is 14.7. The van der Waals surface area contributed by atoms with Crippen LogP contribution in [0.1, 0.15) is 29.5 Å². The first-order valence-corrected chi connectivity index (χ1v) is 10.2. The van der Waals surface area contributed by atoms with E-state index in [2.05, 4.69) is 38.4 Å². The maximum atomic E-state index is 13.8. The number of thioether (sulfide) groups is 1. The molecule has 1 N–H and O–H groups in total. The minimum absolute atomic E-state index is 0.00721. The molecule has 1 aromatic heterocycles. The third-order valence-electron chi connectivity index (χ3n) is 3.75. The van der Waals surface area contributed by atoms with E-state index in [1.54, 1.807) is 23.9 Å². The molecular weight excluding hydrogens is 431 g/mol. The van der Waals surface area contributed by atoms with Gasteiger partial charge in [-0.05, 0) is 42.8 Å². The van der Waals surface area contributed by atoms with Gasteiger partial charge in [0, 0.05) is 15.9 Å². The topological polar surface area (TPSA) is 59.8 Å². The number of halogens is 2. The Morgan fingerprint density at radius 1 is 1.19 bits per heavy atom. The highest BCUT2D eigenvalue weighted by molar-refractivity contribution is 9.10. The van der Waals surface area contributed by atoms with Crippen molar-refractivity contribution in [2.75, 3.05) is 5.75 Å². The third kappa shape index (κ3) is 4.75. The summed E-state index contributed by atoms with van der Waals surface area (Å²) >= 11 is 5.04. The zero-order valence-corrected chi connectivity index (χ0v) is 17.1. The van der Waals surface area contributed by atoms with Crippen molar-refractivity contribution < 1.29 is 9.18 Å². The molecule has 5 nitrogen and oxygen atoms in total. The quantitative estimate of drug-likeness (QED) is 0.536. The third-order valence-corrected chi connectivity index (χ3v) is 5.41. The largest absolute Gasteiger partial charge is 0.345 e. The van der Waals surface area contributed by atoms with Gasteiger partial charge in [-0.15, -0.1) is 10.2 Å². The molecule has 0 saturated heterocycles. The van der Waals surface area contributed by atoms with E-state index in [1.165, 1.54) is 12.1 Å². The van der Waals surface area contributed by atoms with Gasteiger partial charge in [0.25, 0.3) is 5.91 Å². The number of carbonyl (C=O) groups excluding carboxylic acids is 1. The molecule has 0 spiro atoms. The van der Waals surface area contributed by atoms with Crippen LogP contribution in [0.15, 0.2) is 58.2 Å². The van der Waals surface area contributed by atoms with E-state index in [0.717, 1.165) is 27.5 Å². The smallest absolute Gasteiger partial charge is 0.254 e. The van der Waals surface area contributed by atoms with Gasteiger partial charge in [0.05, 0.1) is 12.1 Å². The SMILES string of the molecule is CCCSc1nnc(CNC(=O)c2ccccc2F)n1-c1ccc(Br)cc1. The summed E-state index contributed by atoms with van der Waals surface area (Å²) < 4.78 is 16.7. The lowest BCUT2D eigenvalue weighted by molar-refractivity contribution is 0.0945. The molecule has 1 heterocycles. The minimum Gasteiger partial charge on any atom is -0.345 e. The fourth-order valence-electron chi connectivity index (χ4n) is 2.45. The molecule has 3 rings (SSSR count). The predicted molar refractivity (Wildman–Crippen MR) is 108 cm³/mol. The van der Waals surface area contributed by atoms with Gasteiger partial charge in [0.2, 0.25) is 0 Å². The Morgan fingerprint density at radius 3 is 2.63 bits per heavy atom. The van der Waals surface area contributed by atoms with Crippen molar-refractivity contribution in [2.45, 2.75) is 25.0 Å². The summed E-state index contributed by atoms with van der Waals surface area (Å²) in [5.74, 6) is 0.460. The van der Waals surface area contributed by atoms with Crippen LogP contribution >= 0.6 is 27.7 Å². The summed E-state index contributed by atoms with van der Waals surface area (Å²) in [5.41, 5.74) is 0.907. The summed E-state index contributed by atoms with van der Waals surface area (Å²) in [5, 5.41) is 12.0. The number of benzene rings is 2. The van der Waals surface area contributed by atoms with Gasteiger partial charge in [-0.25, -0.2) is 4.39 Å². The van der Waals surface area contributed by atoms with Crippen LogP contribution in [-0.2, 0) is 6.54 Å². The maximum absolute atomic E-state index is 13.8. The van der Waals surface area contributed by atoms with Crippen molar-refractivity contribution in [1.29, 1.82) is 0 Å². The van der Waals surface area contributed by atoms with Gasteiger partial charge in [0.1, 0.15) is 5.82 Å².